The van der Waals surface area contributed by atoms with Gasteiger partial charge in [0.25, 0.3) is 0 Å². The molecule has 4 rings (SSSR count). The second-order valence-electron chi connectivity index (χ2n) is 10.1. The van der Waals surface area contributed by atoms with Gasteiger partial charge in [0.2, 0.25) is 0 Å². The average molecular weight is 433 g/mol. The van der Waals surface area contributed by atoms with Gasteiger partial charge in [-0.2, -0.15) is 0 Å². The number of carbonyl (C=O) groups excluding carboxylic acids is 1. The minimum Gasteiger partial charge on any atom is -0.494 e. The number of anilines is 2. The average Bonchev–Trinajstić information content (AvgIpc) is 2.88. The molecular weight excluding hydrogens is 396 g/mol. The largest absolute Gasteiger partial charge is 0.494 e. The van der Waals surface area contributed by atoms with Crippen LogP contribution < -0.4 is 15.4 Å². The number of unbranched alkanes of at least 4 members (excludes halogenated alkanes) is 2. The van der Waals surface area contributed by atoms with Crippen LogP contribution in [0.4, 0.5) is 11.4 Å². The number of hydrogen-bond donors (Lipinski definition) is 2. The maximum absolute atomic E-state index is 13.4. The molecule has 0 aromatic heterocycles. The van der Waals surface area contributed by atoms with Crippen LogP contribution in [0.1, 0.15) is 69.2 Å². The fourth-order valence-electron chi connectivity index (χ4n) is 4.81. The normalized spacial score (nSPS) is 21.4. The Morgan fingerprint density at radius 3 is 2.41 bits per heavy atom. The van der Waals surface area contributed by atoms with E-state index in [2.05, 4.69) is 75.6 Å². The zero-order chi connectivity index (χ0) is 22.9. The van der Waals surface area contributed by atoms with Gasteiger partial charge in [0, 0.05) is 12.1 Å². The molecule has 2 atom stereocenters. The van der Waals surface area contributed by atoms with E-state index in [0.717, 1.165) is 41.4 Å². The molecule has 0 fully saturated rings. The molecule has 2 aromatic carbocycles. The lowest BCUT2D eigenvalue weighted by Gasteiger charge is -2.35. The van der Waals surface area contributed by atoms with Crippen LogP contribution in [0, 0.1) is 25.2 Å². The van der Waals surface area contributed by atoms with Crippen LogP contribution in [-0.4, -0.2) is 12.4 Å². The van der Waals surface area contributed by atoms with E-state index < -0.39 is 0 Å². The van der Waals surface area contributed by atoms with Gasteiger partial charge < -0.3 is 15.4 Å². The first-order valence-electron chi connectivity index (χ1n) is 11.9. The smallest absolute Gasteiger partial charge is 0.145 e. The van der Waals surface area contributed by atoms with Crippen molar-refractivity contribution in [3.63, 3.8) is 0 Å². The Kier molecular flexibility index (Phi) is 6.32. The number of aryl methyl sites for hydroxylation is 2. The van der Waals surface area contributed by atoms with Crippen molar-refractivity contribution in [1.82, 2.24) is 0 Å². The van der Waals surface area contributed by atoms with Crippen molar-refractivity contribution in [2.75, 3.05) is 17.2 Å². The summed E-state index contributed by atoms with van der Waals surface area (Å²) in [7, 11) is 0. The fraction of sp³-hybridized carbons (Fsp3) is 0.464. The highest BCUT2D eigenvalue weighted by Gasteiger charge is 2.41. The molecule has 0 unspecified atom stereocenters. The number of fused-ring (bicyclic) bond motifs is 2. The van der Waals surface area contributed by atoms with Crippen LogP contribution in [0.25, 0.3) is 0 Å². The minimum absolute atomic E-state index is 0.130. The maximum Gasteiger partial charge on any atom is 0.145 e. The number of rotatable bonds is 6. The molecule has 170 valence electrons. The van der Waals surface area contributed by atoms with Gasteiger partial charge in [-0.05, 0) is 66.6 Å². The van der Waals surface area contributed by atoms with Gasteiger partial charge in [-0.25, -0.2) is 0 Å². The first-order valence-corrected chi connectivity index (χ1v) is 11.9. The van der Waals surface area contributed by atoms with Crippen molar-refractivity contribution in [2.24, 2.45) is 11.3 Å². The predicted octanol–water partition coefficient (Wildman–Crippen LogP) is 6.95. The molecule has 0 bridgehead atoms. The Morgan fingerprint density at radius 1 is 1.03 bits per heavy atom. The molecule has 1 heterocycles. The van der Waals surface area contributed by atoms with Crippen LogP contribution in [0.3, 0.4) is 0 Å². The second-order valence-corrected chi connectivity index (χ2v) is 10.1. The molecule has 0 saturated carbocycles. The van der Waals surface area contributed by atoms with Crippen LogP contribution in [0.15, 0.2) is 48.2 Å². The highest BCUT2D eigenvalue weighted by Crippen LogP contribution is 2.46. The van der Waals surface area contributed by atoms with E-state index in [4.69, 9.17) is 4.74 Å². The molecule has 2 N–H and O–H groups in total. The number of ether oxygens (including phenoxy) is 1. The van der Waals surface area contributed by atoms with Crippen LogP contribution in [-0.2, 0) is 4.79 Å². The number of hydrogen-bond acceptors (Lipinski definition) is 4. The fourth-order valence-corrected chi connectivity index (χ4v) is 4.81. The molecule has 2 aromatic rings. The lowest BCUT2D eigenvalue weighted by molar-refractivity contribution is -0.124. The summed E-state index contributed by atoms with van der Waals surface area (Å²) in [6.07, 6.45) is 6.25. The van der Waals surface area contributed by atoms with Gasteiger partial charge in [0.05, 0.1) is 29.9 Å². The second kappa shape index (κ2) is 9.01. The third-order valence-electron chi connectivity index (χ3n) is 6.67. The van der Waals surface area contributed by atoms with Gasteiger partial charge in [-0.15, -0.1) is 0 Å². The van der Waals surface area contributed by atoms with E-state index in [1.807, 2.05) is 12.1 Å². The van der Waals surface area contributed by atoms with Crippen LogP contribution >= 0.6 is 0 Å². The van der Waals surface area contributed by atoms with E-state index in [0.29, 0.717) is 6.42 Å². The molecule has 0 amide bonds. The highest BCUT2D eigenvalue weighted by atomic mass is 16.5. The number of allylic oxidation sites excluding steroid dienone is 1. The minimum atomic E-state index is -0.243. The molecule has 0 radical (unpaired) electrons. The van der Waals surface area contributed by atoms with Gasteiger partial charge >= 0.3 is 0 Å². The number of carbonyl (C=O) groups is 1. The molecular formula is C28H36N2O2. The number of Topliss-reactive ketones (excluding diaryl/α,β-unsaturated/α-hetero) is 1. The summed E-state index contributed by atoms with van der Waals surface area (Å²) >= 11 is 0. The number of ketones is 1. The third-order valence-corrected chi connectivity index (χ3v) is 6.67. The third kappa shape index (κ3) is 4.69. The van der Waals surface area contributed by atoms with E-state index >= 15 is 0 Å². The molecule has 0 spiro atoms. The summed E-state index contributed by atoms with van der Waals surface area (Å²) < 4.78 is 5.90. The van der Waals surface area contributed by atoms with Crippen molar-refractivity contribution < 1.29 is 9.53 Å². The quantitative estimate of drug-likeness (QED) is 0.485. The van der Waals surface area contributed by atoms with Crippen molar-refractivity contribution in [2.45, 2.75) is 66.3 Å². The molecule has 4 nitrogen and oxygen atoms in total. The van der Waals surface area contributed by atoms with Gasteiger partial charge in [-0.3, -0.25) is 4.79 Å². The van der Waals surface area contributed by atoms with Gasteiger partial charge in [-0.1, -0.05) is 51.8 Å². The summed E-state index contributed by atoms with van der Waals surface area (Å²) in [5, 5.41) is 7.33. The molecule has 32 heavy (non-hydrogen) atoms. The van der Waals surface area contributed by atoms with Gasteiger partial charge in [0.1, 0.15) is 11.5 Å². The van der Waals surface area contributed by atoms with Crippen molar-refractivity contribution >= 4 is 17.2 Å². The molecule has 1 aliphatic heterocycles. The Balaban J connectivity index is 1.69. The van der Waals surface area contributed by atoms with Crippen molar-refractivity contribution in [3.8, 4) is 5.75 Å². The standard InChI is InChI=1S/C28H36N2O2/c1-6-7-8-13-32-21-11-9-20(10-12-21)27-26-24(16-28(4,5)17-25(26)31)29-22-14-18(2)19(3)15-23(22)30-27/h9-12,14-16,26-27,29-30H,6-8,13,17H2,1-5H3/t26-,27-/m1/s1. The summed E-state index contributed by atoms with van der Waals surface area (Å²) in [6, 6.07) is 12.5. The zero-order valence-corrected chi connectivity index (χ0v) is 20.0. The Labute approximate surface area is 192 Å². The van der Waals surface area contributed by atoms with E-state index in [1.165, 1.54) is 24.0 Å². The summed E-state index contributed by atoms with van der Waals surface area (Å²) in [4.78, 5) is 13.4. The van der Waals surface area contributed by atoms with Crippen LogP contribution in [0.2, 0.25) is 0 Å². The van der Waals surface area contributed by atoms with Crippen molar-refractivity contribution in [3.05, 3.63) is 64.9 Å². The monoisotopic (exact) mass is 432 g/mol. The summed E-state index contributed by atoms with van der Waals surface area (Å²) in [6.45, 7) is 11.5. The van der Waals surface area contributed by atoms with Crippen LogP contribution in [0.5, 0.6) is 5.75 Å². The Hall–Kier alpha value is -2.75. The summed E-state index contributed by atoms with van der Waals surface area (Å²) in [5.74, 6) is 0.918. The molecule has 4 heteroatoms. The maximum atomic E-state index is 13.4. The van der Waals surface area contributed by atoms with Gasteiger partial charge in [0.15, 0.2) is 0 Å². The Bertz CT molecular complexity index is 1020. The SMILES string of the molecule is CCCCCOc1ccc([C@H]2Nc3cc(C)c(C)cc3NC3=CC(C)(C)CC(=O)[C@@H]32)cc1. The lowest BCUT2D eigenvalue weighted by atomic mass is 9.72. The lowest BCUT2D eigenvalue weighted by Crippen LogP contribution is -2.36. The Morgan fingerprint density at radius 2 is 1.72 bits per heavy atom. The first kappa shape index (κ1) is 22.4. The molecule has 0 saturated heterocycles. The summed E-state index contributed by atoms with van der Waals surface area (Å²) in [5.41, 5.74) is 6.50. The zero-order valence-electron chi connectivity index (χ0n) is 20.0. The van der Waals surface area contributed by atoms with E-state index in [9.17, 15) is 4.79 Å². The predicted molar refractivity (Wildman–Crippen MR) is 132 cm³/mol. The molecule has 1 aliphatic carbocycles. The first-order chi connectivity index (χ1) is 15.3. The number of nitrogens with one attached hydrogen (secondary N) is 2. The topological polar surface area (TPSA) is 50.4 Å². The highest BCUT2D eigenvalue weighted by molar-refractivity contribution is 5.90. The van der Waals surface area contributed by atoms with Crippen molar-refractivity contribution in [1.29, 1.82) is 0 Å². The molecule has 2 aliphatic rings. The van der Waals surface area contributed by atoms with E-state index in [-0.39, 0.29) is 23.2 Å². The van der Waals surface area contributed by atoms with E-state index in [1.54, 1.807) is 0 Å². The number of benzene rings is 2.